The van der Waals surface area contributed by atoms with Crippen molar-refractivity contribution in [1.29, 1.82) is 0 Å². The first-order chi connectivity index (χ1) is 12.1. The lowest BCUT2D eigenvalue weighted by Gasteiger charge is -2.36. The summed E-state index contributed by atoms with van der Waals surface area (Å²) in [5.41, 5.74) is 6.33. The van der Waals surface area contributed by atoms with Crippen LogP contribution in [0.1, 0.15) is 46.4 Å². The molecule has 0 aliphatic carbocycles. The highest BCUT2D eigenvalue weighted by Gasteiger charge is 2.28. The molecule has 1 atom stereocenters. The van der Waals surface area contributed by atoms with Crippen LogP contribution in [0.3, 0.4) is 0 Å². The second kappa shape index (κ2) is 9.17. The highest BCUT2D eigenvalue weighted by molar-refractivity contribution is 5.99. The maximum absolute atomic E-state index is 12.9. The molecule has 1 aromatic carbocycles. The van der Waals surface area contributed by atoms with Crippen LogP contribution in [0.25, 0.3) is 0 Å². The van der Waals surface area contributed by atoms with Crippen LogP contribution in [-0.2, 0) is 4.79 Å². The van der Waals surface area contributed by atoms with E-state index < -0.39 is 0 Å². The first-order valence-electron chi connectivity index (χ1n) is 8.66. The van der Waals surface area contributed by atoms with Crippen molar-refractivity contribution in [3.05, 3.63) is 35.4 Å². The van der Waals surface area contributed by atoms with Gasteiger partial charge in [-0.1, -0.05) is 6.07 Å². The van der Waals surface area contributed by atoms with Crippen LogP contribution in [0.4, 0.5) is 0 Å². The Morgan fingerprint density at radius 3 is 2.72 bits per heavy atom. The fourth-order valence-corrected chi connectivity index (χ4v) is 3.03. The summed E-state index contributed by atoms with van der Waals surface area (Å²) in [4.78, 5) is 38.1. The van der Waals surface area contributed by atoms with Crippen LogP contribution in [0.5, 0.6) is 0 Å². The summed E-state index contributed by atoms with van der Waals surface area (Å²) < 4.78 is 0. The van der Waals surface area contributed by atoms with Gasteiger partial charge in [-0.25, -0.2) is 0 Å². The molecule has 25 heavy (non-hydrogen) atoms. The first kappa shape index (κ1) is 18.9. The van der Waals surface area contributed by atoms with Gasteiger partial charge in [-0.3, -0.25) is 14.4 Å². The standard InChI is InChI=1S/C18H26N4O3/c1-20-17(24)13-5-4-6-14(11-13)18(25)22-10-3-2-7-15(22)12-21-16(23)8-9-19/h4-6,11,15H,2-3,7-10,12,19H2,1H3,(H,20,24)(H,21,23). The number of nitrogens with zero attached hydrogens (tertiary/aromatic N) is 1. The van der Waals surface area contributed by atoms with Crippen molar-refractivity contribution in [3.8, 4) is 0 Å². The van der Waals surface area contributed by atoms with E-state index in [4.69, 9.17) is 5.73 Å². The smallest absolute Gasteiger partial charge is 0.254 e. The van der Waals surface area contributed by atoms with Crippen LogP contribution < -0.4 is 16.4 Å². The predicted octanol–water partition coefficient (Wildman–Crippen LogP) is 0.506. The van der Waals surface area contributed by atoms with Gasteiger partial charge >= 0.3 is 0 Å². The molecule has 7 heteroatoms. The van der Waals surface area contributed by atoms with Gasteiger partial charge in [0.2, 0.25) is 5.91 Å². The molecule has 7 nitrogen and oxygen atoms in total. The lowest BCUT2D eigenvalue weighted by Crippen LogP contribution is -2.49. The van der Waals surface area contributed by atoms with Crippen molar-refractivity contribution >= 4 is 17.7 Å². The average Bonchev–Trinajstić information content (AvgIpc) is 2.65. The fraction of sp³-hybridized carbons (Fsp3) is 0.500. The molecule has 1 fully saturated rings. The number of likely N-dealkylation sites (tertiary alicyclic amines) is 1. The Labute approximate surface area is 147 Å². The minimum Gasteiger partial charge on any atom is -0.355 e. The number of hydrogen-bond donors (Lipinski definition) is 3. The van der Waals surface area contributed by atoms with E-state index in [9.17, 15) is 14.4 Å². The van der Waals surface area contributed by atoms with E-state index >= 15 is 0 Å². The monoisotopic (exact) mass is 346 g/mol. The van der Waals surface area contributed by atoms with Crippen molar-refractivity contribution in [3.63, 3.8) is 0 Å². The maximum atomic E-state index is 12.9. The van der Waals surface area contributed by atoms with E-state index in [1.807, 2.05) is 0 Å². The molecule has 3 amide bonds. The van der Waals surface area contributed by atoms with E-state index in [1.54, 1.807) is 36.2 Å². The number of nitrogens with one attached hydrogen (secondary N) is 2. The van der Waals surface area contributed by atoms with Gasteiger partial charge in [0.25, 0.3) is 11.8 Å². The summed E-state index contributed by atoms with van der Waals surface area (Å²) in [6.45, 7) is 1.39. The Hall–Kier alpha value is -2.41. The number of amides is 3. The van der Waals surface area contributed by atoms with E-state index in [2.05, 4.69) is 10.6 Å². The van der Waals surface area contributed by atoms with E-state index in [0.717, 1.165) is 19.3 Å². The van der Waals surface area contributed by atoms with Gasteiger partial charge in [0.15, 0.2) is 0 Å². The van der Waals surface area contributed by atoms with Crippen LogP contribution in [0.15, 0.2) is 24.3 Å². The number of benzene rings is 1. The van der Waals surface area contributed by atoms with Crippen molar-refractivity contribution in [2.45, 2.75) is 31.7 Å². The number of carbonyl (C=O) groups is 3. The van der Waals surface area contributed by atoms with E-state index in [-0.39, 0.29) is 30.2 Å². The van der Waals surface area contributed by atoms with Crippen LogP contribution in [0.2, 0.25) is 0 Å². The third kappa shape index (κ3) is 5.03. The van der Waals surface area contributed by atoms with Gasteiger partial charge in [-0.2, -0.15) is 0 Å². The molecule has 136 valence electrons. The molecular formula is C18H26N4O3. The minimum absolute atomic E-state index is 0.0355. The Kier molecular flexibility index (Phi) is 6.94. The second-order valence-corrected chi connectivity index (χ2v) is 6.15. The molecule has 1 heterocycles. The number of hydrogen-bond acceptors (Lipinski definition) is 4. The van der Waals surface area contributed by atoms with Gasteiger partial charge in [-0.05, 0) is 37.5 Å². The fourth-order valence-electron chi connectivity index (χ4n) is 3.03. The minimum atomic E-state index is -0.223. The summed E-state index contributed by atoms with van der Waals surface area (Å²) in [5, 5.41) is 5.41. The van der Waals surface area contributed by atoms with Crippen molar-refractivity contribution in [2.75, 3.05) is 26.7 Å². The van der Waals surface area contributed by atoms with Crippen LogP contribution in [0, 0.1) is 0 Å². The van der Waals surface area contributed by atoms with Gasteiger partial charge in [0, 0.05) is 50.3 Å². The van der Waals surface area contributed by atoms with Crippen LogP contribution in [-0.4, -0.2) is 55.3 Å². The van der Waals surface area contributed by atoms with E-state index in [0.29, 0.717) is 30.8 Å². The topological polar surface area (TPSA) is 105 Å². The molecule has 0 radical (unpaired) electrons. The Bertz CT molecular complexity index is 633. The van der Waals surface area contributed by atoms with E-state index in [1.165, 1.54) is 0 Å². The number of piperidine rings is 1. The zero-order chi connectivity index (χ0) is 18.2. The molecule has 0 bridgehead atoms. The van der Waals surface area contributed by atoms with Crippen LogP contribution >= 0.6 is 0 Å². The SMILES string of the molecule is CNC(=O)c1cccc(C(=O)N2CCCCC2CNC(=O)CCN)c1. The molecule has 1 saturated heterocycles. The zero-order valence-corrected chi connectivity index (χ0v) is 14.6. The number of rotatable bonds is 6. The molecule has 0 spiro atoms. The maximum Gasteiger partial charge on any atom is 0.254 e. The summed E-state index contributed by atoms with van der Waals surface area (Å²) >= 11 is 0. The Morgan fingerprint density at radius 1 is 1.24 bits per heavy atom. The molecule has 2 rings (SSSR count). The third-order valence-corrected chi connectivity index (χ3v) is 4.39. The van der Waals surface area contributed by atoms with Gasteiger partial charge < -0.3 is 21.3 Å². The highest BCUT2D eigenvalue weighted by atomic mass is 16.2. The Morgan fingerprint density at radius 2 is 2.00 bits per heavy atom. The average molecular weight is 346 g/mol. The molecule has 1 aromatic rings. The Balaban J connectivity index is 2.09. The lowest BCUT2D eigenvalue weighted by molar-refractivity contribution is -0.121. The second-order valence-electron chi connectivity index (χ2n) is 6.15. The van der Waals surface area contributed by atoms with Gasteiger partial charge in [-0.15, -0.1) is 0 Å². The third-order valence-electron chi connectivity index (χ3n) is 4.39. The van der Waals surface area contributed by atoms with Gasteiger partial charge in [0.1, 0.15) is 0 Å². The first-order valence-corrected chi connectivity index (χ1v) is 8.66. The molecule has 1 unspecified atom stereocenters. The molecule has 1 aliphatic rings. The molecule has 0 aromatic heterocycles. The lowest BCUT2D eigenvalue weighted by atomic mass is 10.00. The highest BCUT2D eigenvalue weighted by Crippen LogP contribution is 2.20. The van der Waals surface area contributed by atoms with Crippen molar-refractivity contribution in [2.24, 2.45) is 5.73 Å². The molecule has 0 saturated carbocycles. The number of carbonyl (C=O) groups excluding carboxylic acids is 3. The normalized spacial score (nSPS) is 17.0. The predicted molar refractivity (Wildman–Crippen MR) is 95.2 cm³/mol. The summed E-state index contributed by atoms with van der Waals surface area (Å²) in [5.74, 6) is -0.426. The summed E-state index contributed by atoms with van der Waals surface area (Å²) in [6, 6.07) is 6.68. The van der Waals surface area contributed by atoms with Crippen molar-refractivity contribution < 1.29 is 14.4 Å². The summed E-state index contributed by atoms with van der Waals surface area (Å²) in [6.07, 6.45) is 3.10. The largest absolute Gasteiger partial charge is 0.355 e. The summed E-state index contributed by atoms with van der Waals surface area (Å²) in [7, 11) is 1.56. The van der Waals surface area contributed by atoms with Gasteiger partial charge in [0.05, 0.1) is 0 Å². The molecule has 1 aliphatic heterocycles. The molecular weight excluding hydrogens is 320 g/mol. The number of nitrogens with two attached hydrogens (primary N) is 1. The quantitative estimate of drug-likeness (QED) is 0.698. The zero-order valence-electron chi connectivity index (χ0n) is 14.6. The van der Waals surface area contributed by atoms with Crippen molar-refractivity contribution in [1.82, 2.24) is 15.5 Å². The molecule has 4 N–H and O–H groups in total.